The van der Waals surface area contributed by atoms with E-state index >= 15 is 0 Å². The molecule has 2 aliphatic carbocycles. The zero-order valence-electron chi connectivity index (χ0n) is 22.7. The van der Waals surface area contributed by atoms with Crippen LogP contribution in [-0.2, 0) is 19.7 Å². The lowest BCUT2D eigenvalue weighted by Gasteiger charge is -2.50. The van der Waals surface area contributed by atoms with Crippen molar-refractivity contribution in [2.45, 2.75) is 89.3 Å². The number of rotatable bonds is 7. The molecular weight excluding hydrogens is 450 g/mol. The maximum atomic E-state index is 12.9. The van der Waals surface area contributed by atoms with Gasteiger partial charge in [-0.05, 0) is 101 Å². The number of hydrogen-bond donors (Lipinski definition) is 1. The molecule has 5 heteroatoms. The molecule has 0 unspecified atom stereocenters. The summed E-state index contributed by atoms with van der Waals surface area (Å²) < 4.78 is 17.5. The summed E-state index contributed by atoms with van der Waals surface area (Å²) in [5, 5.41) is 3.69. The van der Waals surface area contributed by atoms with Crippen LogP contribution in [0.4, 0.5) is 0 Å². The number of fused-ring (bicyclic) bond motifs is 2. The van der Waals surface area contributed by atoms with Gasteiger partial charge in [0.2, 0.25) is 0 Å². The number of carbonyl (C=O) groups is 1. The third-order valence-corrected chi connectivity index (χ3v) is 10.0. The van der Waals surface area contributed by atoms with Crippen molar-refractivity contribution < 1.29 is 19.0 Å². The van der Waals surface area contributed by atoms with Crippen molar-refractivity contribution in [1.29, 1.82) is 0 Å². The lowest BCUT2D eigenvalue weighted by atomic mass is 9.55. The molecule has 2 saturated carbocycles. The molecule has 5 nitrogen and oxygen atoms in total. The predicted molar refractivity (Wildman–Crippen MR) is 142 cm³/mol. The first-order valence-electron chi connectivity index (χ1n) is 14.0. The number of ether oxygens (including phenoxy) is 3. The van der Waals surface area contributed by atoms with Crippen LogP contribution < -0.4 is 10.1 Å². The average molecular weight is 496 g/mol. The lowest BCUT2D eigenvalue weighted by molar-refractivity contribution is -0.146. The Bertz CT molecular complexity index is 971. The highest BCUT2D eigenvalue weighted by atomic mass is 16.6. The Morgan fingerprint density at radius 1 is 1.17 bits per heavy atom. The molecule has 5 rings (SSSR count). The lowest BCUT2D eigenvalue weighted by Crippen LogP contribution is -2.46. The van der Waals surface area contributed by atoms with Crippen LogP contribution in [0.3, 0.4) is 0 Å². The minimum absolute atomic E-state index is 0.00225. The Morgan fingerprint density at radius 2 is 1.94 bits per heavy atom. The second-order valence-corrected chi connectivity index (χ2v) is 12.9. The van der Waals surface area contributed by atoms with E-state index in [1.807, 2.05) is 0 Å². The van der Waals surface area contributed by atoms with E-state index in [2.05, 4.69) is 56.9 Å². The quantitative estimate of drug-likeness (QED) is 0.294. The van der Waals surface area contributed by atoms with E-state index in [9.17, 15) is 4.79 Å². The van der Waals surface area contributed by atoms with E-state index in [1.54, 1.807) is 7.11 Å². The van der Waals surface area contributed by atoms with Gasteiger partial charge in [-0.1, -0.05) is 31.2 Å². The maximum absolute atomic E-state index is 12.9. The molecule has 1 N–H and O–H groups in total. The molecule has 1 aromatic rings. The fraction of sp³-hybridized carbons (Fsp3) is 0.710. The van der Waals surface area contributed by atoms with Gasteiger partial charge in [0.05, 0.1) is 18.6 Å². The molecule has 1 aromatic carbocycles. The first kappa shape index (κ1) is 25.8. The molecule has 2 aliphatic heterocycles. The van der Waals surface area contributed by atoms with Gasteiger partial charge < -0.3 is 19.5 Å². The average Bonchev–Trinajstić information content (AvgIpc) is 3.13. The first-order chi connectivity index (χ1) is 17.1. The Kier molecular flexibility index (Phi) is 7.01. The second kappa shape index (κ2) is 9.79. The van der Waals surface area contributed by atoms with Crippen molar-refractivity contribution >= 4 is 5.97 Å². The molecule has 4 aliphatic rings. The van der Waals surface area contributed by atoms with Gasteiger partial charge >= 0.3 is 5.97 Å². The van der Waals surface area contributed by atoms with Crippen LogP contribution in [0.5, 0.6) is 5.75 Å². The van der Waals surface area contributed by atoms with Gasteiger partial charge in [0.15, 0.2) is 0 Å². The van der Waals surface area contributed by atoms with Gasteiger partial charge in [-0.15, -0.1) is 0 Å². The highest BCUT2D eigenvalue weighted by Gasteiger charge is 2.55. The van der Waals surface area contributed by atoms with Gasteiger partial charge in [0.25, 0.3) is 0 Å². The predicted octanol–water partition coefficient (Wildman–Crippen LogP) is 5.82. The second-order valence-electron chi connectivity index (χ2n) is 12.9. The molecule has 0 spiro atoms. The number of esters is 1. The van der Waals surface area contributed by atoms with E-state index in [1.165, 1.54) is 24.0 Å². The molecule has 36 heavy (non-hydrogen) atoms. The van der Waals surface area contributed by atoms with E-state index in [0.29, 0.717) is 18.4 Å². The van der Waals surface area contributed by atoms with Crippen molar-refractivity contribution in [2.24, 2.45) is 23.2 Å². The number of nitrogens with one attached hydrogen (secondary N) is 1. The van der Waals surface area contributed by atoms with Crippen LogP contribution >= 0.6 is 0 Å². The van der Waals surface area contributed by atoms with E-state index < -0.39 is 0 Å². The number of benzene rings is 1. The van der Waals surface area contributed by atoms with Gasteiger partial charge in [-0.2, -0.15) is 0 Å². The zero-order valence-corrected chi connectivity index (χ0v) is 22.7. The molecule has 0 radical (unpaired) electrons. The van der Waals surface area contributed by atoms with Gasteiger partial charge in [-0.3, -0.25) is 4.79 Å². The molecular formula is C31H45NO4. The van der Waals surface area contributed by atoms with Crippen LogP contribution in [0.2, 0.25) is 0 Å². The van der Waals surface area contributed by atoms with E-state index in [0.717, 1.165) is 57.4 Å². The molecule has 6 atom stereocenters. The highest BCUT2D eigenvalue weighted by molar-refractivity contribution is 5.75. The standard InChI is InChI=1S/C31H45NO4/c1-21-7-6-12-30(4)18-27-24(17-26(21)30)25(28(33)36-27)19-32-15-13-31(14-16-35-29(2,3)20-31)22-8-10-23(34-5)11-9-22/h8-11,24-27,32H,1,6-7,12-20H2,2-5H3/t24-,25-,26+,27-,30-,31-/m1/s1. The zero-order chi connectivity index (χ0) is 25.6. The third kappa shape index (κ3) is 4.86. The molecule has 2 saturated heterocycles. The highest BCUT2D eigenvalue weighted by Crippen LogP contribution is 2.56. The Labute approximate surface area is 217 Å². The van der Waals surface area contributed by atoms with Crippen molar-refractivity contribution in [3.63, 3.8) is 0 Å². The fourth-order valence-corrected chi connectivity index (χ4v) is 8.10. The summed E-state index contributed by atoms with van der Waals surface area (Å²) >= 11 is 0. The minimum Gasteiger partial charge on any atom is -0.497 e. The SMILES string of the molecule is C=C1CCC[C@]2(C)C[C@H]3OC(=O)[C@H](CNCC[C@@]4(c5ccc(OC)cc5)CCOC(C)(C)C4)[C@H]3C[C@@H]12. The van der Waals surface area contributed by atoms with Crippen LogP contribution in [0, 0.1) is 23.2 Å². The Morgan fingerprint density at radius 3 is 2.67 bits per heavy atom. The Hall–Kier alpha value is -1.85. The monoisotopic (exact) mass is 495 g/mol. The summed E-state index contributed by atoms with van der Waals surface area (Å²) in [6, 6.07) is 8.57. The van der Waals surface area contributed by atoms with Gasteiger partial charge in [0, 0.05) is 24.5 Å². The molecule has 198 valence electrons. The van der Waals surface area contributed by atoms with Crippen LogP contribution in [0.25, 0.3) is 0 Å². The number of carbonyl (C=O) groups excluding carboxylic acids is 1. The summed E-state index contributed by atoms with van der Waals surface area (Å²) in [6.07, 6.45) is 8.73. The number of methoxy groups -OCH3 is 1. The topological polar surface area (TPSA) is 56.8 Å². The van der Waals surface area contributed by atoms with Gasteiger partial charge in [-0.25, -0.2) is 0 Å². The molecule has 2 heterocycles. The molecule has 0 aromatic heterocycles. The number of allylic oxidation sites excluding steroid dienone is 1. The van der Waals surface area contributed by atoms with Crippen molar-refractivity contribution in [3.8, 4) is 5.75 Å². The minimum atomic E-state index is -0.155. The summed E-state index contributed by atoms with van der Waals surface area (Å²) in [4.78, 5) is 12.9. The molecule has 4 fully saturated rings. The summed E-state index contributed by atoms with van der Waals surface area (Å²) in [6.45, 7) is 13.6. The van der Waals surface area contributed by atoms with E-state index in [-0.39, 0.29) is 34.4 Å². The van der Waals surface area contributed by atoms with E-state index in [4.69, 9.17) is 14.2 Å². The van der Waals surface area contributed by atoms with Crippen LogP contribution in [-0.4, -0.2) is 44.5 Å². The normalized spacial score (nSPS) is 37.7. The van der Waals surface area contributed by atoms with Crippen LogP contribution in [0.1, 0.15) is 77.7 Å². The fourth-order valence-electron chi connectivity index (χ4n) is 8.10. The third-order valence-electron chi connectivity index (χ3n) is 10.0. The Balaban J connectivity index is 1.24. The molecule has 0 bridgehead atoms. The van der Waals surface area contributed by atoms with Crippen molar-refractivity contribution in [3.05, 3.63) is 42.0 Å². The van der Waals surface area contributed by atoms with Crippen molar-refractivity contribution in [1.82, 2.24) is 5.32 Å². The van der Waals surface area contributed by atoms with Gasteiger partial charge in [0.1, 0.15) is 11.9 Å². The summed E-state index contributed by atoms with van der Waals surface area (Å²) in [5.74, 6) is 1.69. The number of hydrogen-bond acceptors (Lipinski definition) is 5. The summed E-state index contributed by atoms with van der Waals surface area (Å²) in [5.41, 5.74) is 2.89. The molecule has 0 amide bonds. The summed E-state index contributed by atoms with van der Waals surface area (Å²) in [7, 11) is 1.71. The maximum Gasteiger partial charge on any atom is 0.310 e. The smallest absolute Gasteiger partial charge is 0.310 e. The first-order valence-corrected chi connectivity index (χ1v) is 14.0. The largest absolute Gasteiger partial charge is 0.497 e. The van der Waals surface area contributed by atoms with Crippen molar-refractivity contribution in [2.75, 3.05) is 26.8 Å². The van der Waals surface area contributed by atoms with Crippen LogP contribution in [0.15, 0.2) is 36.4 Å².